The predicted molar refractivity (Wildman–Crippen MR) is 69.2 cm³/mol. The lowest BCUT2D eigenvalue weighted by Gasteiger charge is -2.30. The molecule has 1 rings (SSSR count). The van der Waals surface area contributed by atoms with E-state index in [0.29, 0.717) is 12.8 Å². The first kappa shape index (κ1) is 15.9. The van der Waals surface area contributed by atoms with Crippen molar-refractivity contribution in [2.24, 2.45) is 0 Å². The van der Waals surface area contributed by atoms with Gasteiger partial charge < -0.3 is 10.4 Å². The minimum Gasteiger partial charge on any atom is -0.394 e. The van der Waals surface area contributed by atoms with E-state index in [-0.39, 0.29) is 17.2 Å². The Hall–Kier alpha value is -1.20. The first-order chi connectivity index (χ1) is 8.89. The molecule has 3 nitrogen and oxygen atoms in total. The molecule has 0 aliphatic rings. The molecule has 0 bridgehead atoms. The Bertz CT molecular complexity index is 468. The Morgan fingerprint density at radius 3 is 2.32 bits per heavy atom. The fraction of sp³-hybridized carbons (Fsp3) is 0.462. The number of carbonyl (C=O) groups excluding carboxylic acids is 1. The second-order valence-corrected chi connectivity index (χ2v) is 4.75. The lowest BCUT2D eigenvalue weighted by molar-refractivity contribution is 0.0817. The summed E-state index contributed by atoms with van der Waals surface area (Å²) in [6.45, 7) is 3.38. The monoisotopic (exact) mass is 291 g/mol. The van der Waals surface area contributed by atoms with Gasteiger partial charge in [-0.05, 0) is 25.0 Å². The van der Waals surface area contributed by atoms with Gasteiger partial charge in [-0.3, -0.25) is 4.79 Å². The molecule has 0 radical (unpaired) electrons. The molecule has 0 atom stereocenters. The zero-order valence-electron chi connectivity index (χ0n) is 10.8. The van der Waals surface area contributed by atoms with Crippen molar-refractivity contribution >= 4 is 17.5 Å². The molecule has 0 aliphatic carbocycles. The van der Waals surface area contributed by atoms with E-state index in [1.54, 1.807) is 0 Å². The quantitative estimate of drug-likeness (QED) is 0.820. The van der Waals surface area contributed by atoms with Crippen LogP contribution >= 0.6 is 11.6 Å². The van der Waals surface area contributed by atoms with E-state index < -0.39 is 23.1 Å². The molecular weight excluding hydrogens is 276 g/mol. The first-order valence-electron chi connectivity index (χ1n) is 5.97. The number of hydrogen-bond acceptors (Lipinski definition) is 2. The summed E-state index contributed by atoms with van der Waals surface area (Å²) < 4.78 is 26.1. The minimum atomic E-state index is -1.14. The van der Waals surface area contributed by atoms with Crippen LogP contribution in [0.5, 0.6) is 0 Å². The molecule has 0 aromatic heterocycles. The van der Waals surface area contributed by atoms with Gasteiger partial charge in [-0.25, -0.2) is 8.78 Å². The van der Waals surface area contributed by atoms with Gasteiger partial charge in [0.05, 0.1) is 22.7 Å². The summed E-state index contributed by atoms with van der Waals surface area (Å²) in [6, 6.07) is 1.50. The third-order valence-electron chi connectivity index (χ3n) is 3.29. The van der Waals surface area contributed by atoms with Crippen LogP contribution in [0.4, 0.5) is 8.78 Å². The molecule has 0 saturated carbocycles. The Morgan fingerprint density at radius 2 is 1.84 bits per heavy atom. The Morgan fingerprint density at radius 1 is 1.32 bits per heavy atom. The maximum absolute atomic E-state index is 13.1. The van der Waals surface area contributed by atoms with E-state index in [1.807, 2.05) is 13.8 Å². The smallest absolute Gasteiger partial charge is 0.253 e. The number of nitrogens with one attached hydrogen (secondary N) is 1. The Labute approximate surface area is 115 Å². The molecule has 0 unspecified atom stereocenters. The van der Waals surface area contributed by atoms with Gasteiger partial charge in [0, 0.05) is 0 Å². The average Bonchev–Trinajstić information content (AvgIpc) is 2.40. The van der Waals surface area contributed by atoms with Gasteiger partial charge in [0.15, 0.2) is 11.6 Å². The zero-order chi connectivity index (χ0) is 14.6. The van der Waals surface area contributed by atoms with Crippen LogP contribution < -0.4 is 5.32 Å². The molecule has 0 saturated heterocycles. The number of hydrogen-bond donors (Lipinski definition) is 2. The molecular formula is C13H16ClF2NO2. The van der Waals surface area contributed by atoms with Crippen molar-refractivity contribution in [1.82, 2.24) is 5.32 Å². The van der Waals surface area contributed by atoms with Crippen molar-refractivity contribution < 1.29 is 18.7 Å². The van der Waals surface area contributed by atoms with Crippen molar-refractivity contribution in [2.75, 3.05) is 6.61 Å². The number of aliphatic hydroxyl groups is 1. The maximum Gasteiger partial charge on any atom is 0.253 e. The van der Waals surface area contributed by atoms with E-state index in [1.165, 1.54) is 0 Å². The molecule has 1 amide bonds. The first-order valence-corrected chi connectivity index (χ1v) is 6.34. The number of aliphatic hydroxyl groups excluding tert-OH is 1. The summed E-state index contributed by atoms with van der Waals surface area (Å²) in [5.41, 5.74) is -0.939. The molecule has 106 valence electrons. The fourth-order valence-electron chi connectivity index (χ4n) is 1.69. The predicted octanol–water partition coefficient (Wildman–Crippen LogP) is 2.90. The van der Waals surface area contributed by atoms with Crippen LogP contribution in [0.25, 0.3) is 0 Å². The molecule has 1 aromatic rings. The number of halogens is 3. The van der Waals surface area contributed by atoms with E-state index in [0.717, 1.165) is 12.1 Å². The number of amides is 1. The second-order valence-electron chi connectivity index (χ2n) is 4.35. The summed E-state index contributed by atoms with van der Waals surface area (Å²) in [5.74, 6) is -2.89. The van der Waals surface area contributed by atoms with Crippen LogP contribution in [-0.4, -0.2) is 23.2 Å². The van der Waals surface area contributed by atoms with Crippen molar-refractivity contribution in [3.63, 3.8) is 0 Å². The maximum atomic E-state index is 13.1. The molecule has 19 heavy (non-hydrogen) atoms. The highest BCUT2D eigenvalue weighted by atomic mass is 35.5. The molecule has 0 fully saturated rings. The number of rotatable bonds is 5. The summed E-state index contributed by atoms with van der Waals surface area (Å²) in [5, 5.41) is 11.8. The molecule has 0 aliphatic heterocycles. The van der Waals surface area contributed by atoms with E-state index >= 15 is 0 Å². The largest absolute Gasteiger partial charge is 0.394 e. The van der Waals surface area contributed by atoms with Crippen LogP contribution in [0.3, 0.4) is 0 Å². The Kier molecular flexibility index (Phi) is 5.26. The van der Waals surface area contributed by atoms with Crippen LogP contribution in [0.2, 0.25) is 5.02 Å². The molecule has 0 spiro atoms. The van der Waals surface area contributed by atoms with Gasteiger partial charge in [0.25, 0.3) is 5.91 Å². The van der Waals surface area contributed by atoms with Crippen molar-refractivity contribution in [2.45, 2.75) is 32.2 Å². The average molecular weight is 292 g/mol. The molecule has 1 aromatic carbocycles. The Balaban J connectivity index is 3.04. The number of benzene rings is 1. The third kappa shape index (κ3) is 3.42. The van der Waals surface area contributed by atoms with Crippen molar-refractivity contribution in [3.05, 3.63) is 34.4 Å². The zero-order valence-corrected chi connectivity index (χ0v) is 11.5. The van der Waals surface area contributed by atoms with Gasteiger partial charge in [0.2, 0.25) is 0 Å². The van der Waals surface area contributed by atoms with Crippen LogP contribution in [0, 0.1) is 11.6 Å². The van der Waals surface area contributed by atoms with Gasteiger partial charge in [-0.2, -0.15) is 0 Å². The normalized spacial score (nSPS) is 11.5. The second kappa shape index (κ2) is 6.30. The highest BCUT2D eigenvalue weighted by Gasteiger charge is 2.28. The van der Waals surface area contributed by atoms with Gasteiger partial charge >= 0.3 is 0 Å². The van der Waals surface area contributed by atoms with Gasteiger partial charge in [0.1, 0.15) is 0 Å². The van der Waals surface area contributed by atoms with E-state index in [2.05, 4.69) is 5.32 Å². The molecule has 2 N–H and O–H groups in total. The fourth-order valence-corrected chi connectivity index (χ4v) is 1.93. The lowest BCUT2D eigenvalue weighted by atomic mass is 9.93. The minimum absolute atomic E-state index is 0.153. The molecule has 6 heteroatoms. The highest BCUT2D eigenvalue weighted by molar-refractivity contribution is 6.33. The summed E-state index contributed by atoms with van der Waals surface area (Å²) in [6.07, 6.45) is 1.01. The standard InChI is InChI=1S/C13H16ClF2NO2/c1-3-13(4-2,7-18)17-12(19)8-5-10(15)11(16)6-9(8)14/h5-6,18H,3-4,7H2,1-2H3,(H,17,19). The van der Waals surface area contributed by atoms with Gasteiger partial charge in [-0.15, -0.1) is 0 Å². The summed E-state index contributed by atoms with van der Waals surface area (Å²) in [4.78, 5) is 12.0. The van der Waals surface area contributed by atoms with Crippen molar-refractivity contribution in [3.8, 4) is 0 Å². The van der Waals surface area contributed by atoms with Crippen molar-refractivity contribution in [1.29, 1.82) is 0 Å². The molecule has 0 heterocycles. The number of carbonyl (C=O) groups is 1. The van der Waals surface area contributed by atoms with E-state index in [9.17, 15) is 18.7 Å². The van der Waals surface area contributed by atoms with E-state index in [4.69, 9.17) is 11.6 Å². The lowest BCUT2D eigenvalue weighted by Crippen LogP contribution is -2.50. The van der Waals surface area contributed by atoms with Crippen LogP contribution in [0.15, 0.2) is 12.1 Å². The summed E-state index contributed by atoms with van der Waals surface area (Å²) >= 11 is 5.72. The third-order valence-corrected chi connectivity index (χ3v) is 3.60. The SMILES string of the molecule is CCC(CC)(CO)NC(=O)c1cc(F)c(F)cc1Cl. The summed E-state index contributed by atoms with van der Waals surface area (Å²) in [7, 11) is 0. The van der Waals surface area contributed by atoms with Crippen LogP contribution in [0.1, 0.15) is 37.0 Å². The van der Waals surface area contributed by atoms with Crippen LogP contribution in [-0.2, 0) is 0 Å². The topological polar surface area (TPSA) is 49.3 Å². The highest BCUT2D eigenvalue weighted by Crippen LogP contribution is 2.22. The van der Waals surface area contributed by atoms with Gasteiger partial charge in [-0.1, -0.05) is 25.4 Å².